The van der Waals surface area contributed by atoms with Gasteiger partial charge in [0.1, 0.15) is 11.1 Å². The lowest BCUT2D eigenvalue weighted by Gasteiger charge is -2.11. The Morgan fingerprint density at radius 1 is 0.391 bits per heavy atom. The molecule has 0 aliphatic heterocycles. The van der Waals surface area contributed by atoms with E-state index in [0.717, 1.165) is 110 Å². The maximum absolute atomic E-state index is 6.93. The molecule has 11 nitrogen and oxygen atoms in total. The van der Waals surface area contributed by atoms with E-state index in [0.29, 0.717) is 28.9 Å². The summed E-state index contributed by atoms with van der Waals surface area (Å²) in [7, 11) is 0. The maximum atomic E-state index is 6.93. The van der Waals surface area contributed by atoms with Gasteiger partial charge in [0, 0.05) is 73.6 Å². The number of hydrogen-bond donors (Lipinski definition) is 0. The maximum Gasteiger partial charge on any atom is 0.241 e. The fraction of sp³-hybridized carbons (Fsp3) is 0. The summed E-state index contributed by atoms with van der Waals surface area (Å²) in [5, 5.41) is 7.22. The summed E-state index contributed by atoms with van der Waals surface area (Å²) in [5.41, 5.74) is 13.7. The Morgan fingerprint density at radius 3 is 1.93 bits per heavy atom. The van der Waals surface area contributed by atoms with Gasteiger partial charge in [-0.3, -0.25) is 19.5 Å². The quantitative estimate of drug-likeness (QED) is 0.162. The Balaban J connectivity index is 0.865. The van der Waals surface area contributed by atoms with Gasteiger partial charge in [-0.15, -0.1) is 0 Å². The minimum atomic E-state index is 0.422. The second-order valence-corrected chi connectivity index (χ2v) is 17.2. The second kappa shape index (κ2) is 14.4. The molecular weight excluding hydrogens is 855 g/mol. The number of aromatic nitrogens is 9. The van der Waals surface area contributed by atoms with E-state index in [2.05, 4.69) is 122 Å². The summed E-state index contributed by atoms with van der Waals surface area (Å²) >= 11 is 0. The van der Waals surface area contributed by atoms with Crippen LogP contribution in [0.15, 0.2) is 210 Å². The molecule has 9 aromatic heterocycles. The predicted molar refractivity (Wildman–Crippen MR) is 272 cm³/mol. The van der Waals surface area contributed by atoms with E-state index in [1.165, 1.54) is 0 Å². The lowest BCUT2D eigenvalue weighted by atomic mass is 10.0. The number of hydrogen-bond acceptors (Lipinski definition) is 8. The molecule has 9 heterocycles. The Hall–Kier alpha value is -9.74. The molecule has 15 aromatic rings. The molecule has 15 rings (SSSR count). The molecule has 0 atom stereocenters. The Labute approximate surface area is 390 Å². The van der Waals surface area contributed by atoms with Crippen LogP contribution in [0, 0.1) is 0 Å². The summed E-state index contributed by atoms with van der Waals surface area (Å²) in [4.78, 5) is 29.0. The highest BCUT2D eigenvalue weighted by molar-refractivity contribution is 6.21. The fourth-order valence-electron chi connectivity index (χ4n) is 10.4. The van der Waals surface area contributed by atoms with Gasteiger partial charge in [0.15, 0.2) is 17.2 Å². The Morgan fingerprint density at radius 2 is 1.07 bits per heavy atom. The van der Waals surface area contributed by atoms with Crippen molar-refractivity contribution in [3.63, 3.8) is 0 Å². The lowest BCUT2D eigenvalue weighted by molar-refractivity contribution is 0.639. The van der Waals surface area contributed by atoms with Gasteiger partial charge in [-0.2, -0.15) is 9.97 Å². The van der Waals surface area contributed by atoms with Gasteiger partial charge >= 0.3 is 0 Å². The van der Waals surface area contributed by atoms with Crippen LogP contribution in [-0.4, -0.2) is 43.6 Å². The van der Waals surface area contributed by atoms with E-state index in [-0.39, 0.29) is 0 Å². The molecular formula is C58H33N9O2. The third-order valence-corrected chi connectivity index (χ3v) is 13.4. The van der Waals surface area contributed by atoms with E-state index in [1.54, 1.807) is 18.6 Å². The highest BCUT2D eigenvalue weighted by Gasteiger charge is 2.25. The number of rotatable bonds is 6. The highest BCUT2D eigenvalue weighted by atomic mass is 16.3. The van der Waals surface area contributed by atoms with Crippen LogP contribution >= 0.6 is 0 Å². The van der Waals surface area contributed by atoms with Crippen LogP contribution in [0.2, 0.25) is 0 Å². The van der Waals surface area contributed by atoms with E-state index in [1.807, 2.05) is 83.7 Å². The number of furan rings is 2. The zero-order chi connectivity index (χ0) is 45.2. The molecule has 0 saturated heterocycles. The van der Waals surface area contributed by atoms with Crippen LogP contribution in [0.4, 0.5) is 0 Å². The summed E-state index contributed by atoms with van der Waals surface area (Å²) in [6.45, 7) is 0. The zero-order valence-corrected chi connectivity index (χ0v) is 36.4. The lowest BCUT2D eigenvalue weighted by Crippen LogP contribution is -2.06. The van der Waals surface area contributed by atoms with Crippen molar-refractivity contribution in [2.45, 2.75) is 0 Å². The van der Waals surface area contributed by atoms with Gasteiger partial charge in [-0.05, 0) is 84.4 Å². The third kappa shape index (κ3) is 5.49. The summed E-state index contributed by atoms with van der Waals surface area (Å²) in [5.74, 6) is 1.49. The molecule has 0 spiro atoms. The van der Waals surface area contributed by atoms with Gasteiger partial charge in [0.2, 0.25) is 17.4 Å². The molecule has 0 aliphatic rings. The fourth-order valence-corrected chi connectivity index (χ4v) is 10.4. The van der Waals surface area contributed by atoms with E-state index in [9.17, 15) is 0 Å². The molecule has 0 fully saturated rings. The second-order valence-electron chi connectivity index (χ2n) is 17.2. The minimum absolute atomic E-state index is 0.422. The topological polar surface area (TPSA) is 118 Å². The molecule has 0 radical (unpaired) electrons. The molecule has 0 saturated carbocycles. The van der Waals surface area contributed by atoms with Crippen molar-refractivity contribution in [1.29, 1.82) is 0 Å². The van der Waals surface area contributed by atoms with Gasteiger partial charge < -0.3 is 13.4 Å². The molecule has 11 heteroatoms. The first kappa shape index (κ1) is 37.5. The summed E-state index contributed by atoms with van der Waals surface area (Å²) in [6.07, 6.45) is 8.99. The number of fused-ring (bicyclic) bond motifs is 13. The largest absolute Gasteiger partial charge is 0.438 e. The summed E-state index contributed by atoms with van der Waals surface area (Å²) in [6, 6.07) is 58.5. The molecule has 6 aromatic carbocycles. The first-order valence-corrected chi connectivity index (χ1v) is 22.7. The van der Waals surface area contributed by atoms with E-state index < -0.39 is 0 Å². The predicted octanol–water partition coefficient (Wildman–Crippen LogP) is 13.8. The first-order valence-electron chi connectivity index (χ1n) is 22.7. The molecule has 0 unspecified atom stereocenters. The smallest absolute Gasteiger partial charge is 0.241 e. The Kier molecular flexibility index (Phi) is 7.81. The van der Waals surface area contributed by atoms with Crippen molar-refractivity contribution in [3.05, 3.63) is 201 Å². The van der Waals surface area contributed by atoms with Crippen LogP contribution in [0.25, 0.3) is 139 Å². The molecule has 0 aliphatic carbocycles. The van der Waals surface area contributed by atoms with Crippen molar-refractivity contribution in [3.8, 4) is 51.2 Å². The SMILES string of the molecule is c1ccc(-c2nc(-c3ccc(-n4c5ccccc5c5cc(-c6cccc7c6oc6c7c7ncccc7n6-c6ccccc6)ccc54)cc3)nc(-n3c4cnccc4c4c5ccncc5oc43)n2)cc1. The van der Waals surface area contributed by atoms with Gasteiger partial charge in [0.05, 0.1) is 45.2 Å². The van der Waals surface area contributed by atoms with Crippen LogP contribution in [-0.2, 0) is 0 Å². The van der Waals surface area contributed by atoms with Crippen molar-refractivity contribution >= 4 is 87.9 Å². The first-order chi connectivity index (χ1) is 34.2. The normalized spacial score (nSPS) is 12.1. The monoisotopic (exact) mass is 887 g/mol. The molecule has 0 bridgehead atoms. The number of para-hydroxylation sites is 3. The molecule has 0 amide bonds. The van der Waals surface area contributed by atoms with Crippen molar-refractivity contribution in [2.24, 2.45) is 0 Å². The summed E-state index contributed by atoms with van der Waals surface area (Å²) < 4.78 is 19.9. The highest BCUT2D eigenvalue weighted by Crippen LogP contribution is 2.44. The standard InChI is InChI=1S/C58H33N9O2/c1-3-11-34(12-4-1)54-62-55(64-58(63-54)67-48-32-59-29-26-41(48)50-42-27-30-60-33-49(42)68-56(50)67)35-20-23-38(24-21-35)65-45-18-8-7-15-40(45)44-31-36(22-25-46(44)65)39-16-9-17-43-51-52-47(19-10-28-61-52)66(57(51)69-53(39)43)37-13-5-2-6-14-37/h1-33H. The van der Waals surface area contributed by atoms with Gasteiger partial charge in [-0.25, -0.2) is 9.55 Å². The number of pyridine rings is 3. The van der Waals surface area contributed by atoms with Crippen molar-refractivity contribution in [2.75, 3.05) is 0 Å². The van der Waals surface area contributed by atoms with Crippen molar-refractivity contribution in [1.82, 2.24) is 43.6 Å². The van der Waals surface area contributed by atoms with Crippen LogP contribution in [0.3, 0.4) is 0 Å². The molecule has 69 heavy (non-hydrogen) atoms. The van der Waals surface area contributed by atoms with Gasteiger partial charge in [0.25, 0.3) is 0 Å². The van der Waals surface area contributed by atoms with Gasteiger partial charge in [-0.1, -0.05) is 91.0 Å². The number of nitrogens with zero attached hydrogens (tertiary/aromatic N) is 9. The molecule has 0 N–H and O–H groups in total. The third-order valence-electron chi connectivity index (χ3n) is 13.4. The van der Waals surface area contributed by atoms with E-state index >= 15 is 0 Å². The Bertz CT molecular complexity index is 4540. The minimum Gasteiger partial charge on any atom is -0.438 e. The van der Waals surface area contributed by atoms with Crippen molar-refractivity contribution < 1.29 is 8.83 Å². The molecule has 322 valence electrons. The van der Waals surface area contributed by atoms with Crippen LogP contribution < -0.4 is 0 Å². The average molecular weight is 888 g/mol. The average Bonchev–Trinajstić information content (AvgIpc) is 4.22. The zero-order valence-electron chi connectivity index (χ0n) is 36.4. The number of benzene rings is 6. The van der Waals surface area contributed by atoms with Crippen LogP contribution in [0.5, 0.6) is 0 Å². The van der Waals surface area contributed by atoms with E-state index in [4.69, 9.17) is 28.8 Å². The van der Waals surface area contributed by atoms with Crippen LogP contribution in [0.1, 0.15) is 0 Å².